The van der Waals surface area contributed by atoms with Crippen LogP contribution in [0.25, 0.3) is 5.69 Å². The summed E-state index contributed by atoms with van der Waals surface area (Å²) < 4.78 is 58.4. The zero-order chi connectivity index (χ0) is 30.1. The number of ether oxygens (including phenoxy) is 3. The fraction of sp³-hybridized carbons (Fsp3) is 0.258. The van der Waals surface area contributed by atoms with Gasteiger partial charge in [-0.3, -0.25) is 4.79 Å². The van der Waals surface area contributed by atoms with E-state index >= 15 is 0 Å². The molecule has 0 aliphatic carbocycles. The molecule has 1 N–H and O–H groups in total. The second-order valence-corrected chi connectivity index (χ2v) is 10.7. The summed E-state index contributed by atoms with van der Waals surface area (Å²) in [4.78, 5) is 25.3. The normalized spacial score (nSPS) is 12.8. The lowest BCUT2D eigenvalue weighted by molar-refractivity contribution is -0.141. The monoisotopic (exact) mass is 579 g/mol. The van der Waals surface area contributed by atoms with Crippen molar-refractivity contribution in [1.82, 2.24) is 9.78 Å². The van der Waals surface area contributed by atoms with E-state index in [1.165, 1.54) is 12.1 Å². The molecule has 0 bridgehead atoms. The zero-order valence-electron chi connectivity index (χ0n) is 23.1. The fourth-order valence-electron chi connectivity index (χ4n) is 4.25. The minimum Gasteiger partial charge on any atom is -0.493 e. The SMILES string of the molecule is CC(C)(C)OC(=O)c1ccc(COc2cc(C(F)(F)F)nn2-c2cccc(C(=O)Nc3ccc4c(c3)OCC4)c2)cc1. The molecule has 4 aromatic rings. The van der Waals surface area contributed by atoms with Crippen molar-refractivity contribution >= 4 is 17.6 Å². The Bertz CT molecular complexity index is 1620. The molecule has 2 heterocycles. The quantitative estimate of drug-likeness (QED) is 0.248. The van der Waals surface area contributed by atoms with Gasteiger partial charge in [-0.25, -0.2) is 9.48 Å². The molecule has 0 saturated carbocycles. The molecule has 11 heteroatoms. The highest BCUT2D eigenvalue weighted by atomic mass is 19.4. The summed E-state index contributed by atoms with van der Waals surface area (Å²) in [6, 6.07) is 18.6. The van der Waals surface area contributed by atoms with Gasteiger partial charge in [0.15, 0.2) is 5.69 Å². The first-order chi connectivity index (χ1) is 19.9. The Morgan fingerprint density at radius 2 is 1.74 bits per heavy atom. The first kappa shape index (κ1) is 28.7. The van der Waals surface area contributed by atoms with Gasteiger partial charge in [-0.1, -0.05) is 24.3 Å². The number of nitrogens with one attached hydrogen (secondary N) is 1. The maximum Gasteiger partial charge on any atom is 0.435 e. The Hall–Kier alpha value is -4.80. The molecule has 0 saturated heterocycles. The molecule has 0 spiro atoms. The number of alkyl halides is 3. The van der Waals surface area contributed by atoms with E-state index in [2.05, 4.69) is 10.4 Å². The lowest BCUT2D eigenvalue weighted by Crippen LogP contribution is -2.23. The van der Waals surface area contributed by atoms with E-state index in [9.17, 15) is 22.8 Å². The number of nitrogens with zero attached hydrogens (tertiary/aromatic N) is 2. The van der Waals surface area contributed by atoms with E-state index in [0.717, 1.165) is 22.7 Å². The van der Waals surface area contributed by atoms with Gasteiger partial charge in [-0.05, 0) is 68.3 Å². The smallest absolute Gasteiger partial charge is 0.435 e. The Balaban J connectivity index is 1.34. The largest absolute Gasteiger partial charge is 0.493 e. The van der Waals surface area contributed by atoms with Gasteiger partial charge in [0.25, 0.3) is 5.91 Å². The molecule has 1 aromatic heterocycles. The topological polar surface area (TPSA) is 91.7 Å². The molecule has 8 nitrogen and oxygen atoms in total. The van der Waals surface area contributed by atoms with E-state index in [0.29, 0.717) is 29.2 Å². The molecular weight excluding hydrogens is 551 g/mol. The summed E-state index contributed by atoms with van der Waals surface area (Å²) in [5, 5.41) is 6.51. The molecule has 3 aromatic carbocycles. The van der Waals surface area contributed by atoms with Gasteiger partial charge >= 0.3 is 12.1 Å². The summed E-state index contributed by atoms with van der Waals surface area (Å²) in [6.07, 6.45) is -3.92. The van der Waals surface area contributed by atoms with Crippen molar-refractivity contribution in [1.29, 1.82) is 0 Å². The third-order valence-corrected chi connectivity index (χ3v) is 6.25. The maximum absolute atomic E-state index is 13.6. The van der Waals surface area contributed by atoms with E-state index in [1.54, 1.807) is 69.3 Å². The molecule has 0 atom stereocenters. The predicted molar refractivity (Wildman–Crippen MR) is 148 cm³/mol. The molecule has 218 valence electrons. The van der Waals surface area contributed by atoms with Crippen LogP contribution in [0.5, 0.6) is 11.6 Å². The number of esters is 1. The number of anilines is 1. The molecule has 0 radical (unpaired) electrons. The second-order valence-electron chi connectivity index (χ2n) is 10.7. The highest BCUT2D eigenvalue weighted by molar-refractivity contribution is 6.04. The van der Waals surface area contributed by atoms with Gasteiger partial charge in [-0.15, -0.1) is 0 Å². The van der Waals surface area contributed by atoms with Crippen LogP contribution < -0.4 is 14.8 Å². The highest BCUT2D eigenvalue weighted by Crippen LogP contribution is 2.33. The number of carbonyl (C=O) groups is 2. The number of fused-ring (bicyclic) bond motifs is 1. The molecule has 1 aliphatic rings. The van der Waals surface area contributed by atoms with Crippen LogP contribution in [0.4, 0.5) is 18.9 Å². The number of carbonyl (C=O) groups excluding carboxylic acids is 2. The summed E-state index contributed by atoms with van der Waals surface area (Å²) in [5.74, 6) is -0.409. The van der Waals surface area contributed by atoms with Crippen LogP contribution in [0.2, 0.25) is 0 Å². The number of hydrogen-bond donors (Lipinski definition) is 1. The minimum absolute atomic E-state index is 0.0990. The maximum atomic E-state index is 13.6. The first-order valence-corrected chi connectivity index (χ1v) is 13.2. The van der Waals surface area contributed by atoms with Crippen molar-refractivity contribution in [2.45, 2.75) is 45.6 Å². The Kier molecular flexibility index (Phi) is 7.68. The van der Waals surface area contributed by atoms with Gasteiger partial charge < -0.3 is 19.5 Å². The van der Waals surface area contributed by atoms with Crippen LogP contribution in [0.15, 0.2) is 72.8 Å². The molecular formula is C31H28F3N3O5. The van der Waals surface area contributed by atoms with Gasteiger partial charge in [0.05, 0.1) is 17.9 Å². The average molecular weight is 580 g/mol. The highest BCUT2D eigenvalue weighted by Gasteiger charge is 2.35. The second kappa shape index (κ2) is 11.2. The molecule has 0 unspecified atom stereocenters. The Labute approximate surface area is 240 Å². The van der Waals surface area contributed by atoms with Crippen LogP contribution >= 0.6 is 0 Å². The van der Waals surface area contributed by atoms with E-state index in [4.69, 9.17) is 14.2 Å². The lowest BCUT2D eigenvalue weighted by Gasteiger charge is -2.19. The number of hydrogen-bond acceptors (Lipinski definition) is 6. The minimum atomic E-state index is -4.72. The predicted octanol–water partition coefficient (Wildman–Crippen LogP) is 6.61. The summed E-state index contributed by atoms with van der Waals surface area (Å²) in [5.41, 5.74) is 1.14. The summed E-state index contributed by atoms with van der Waals surface area (Å²) in [6.45, 7) is 5.77. The van der Waals surface area contributed by atoms with Crippen LogP contribution in [-0.4, -0.2) is 33.9 Å². The third kappa shape index (κ3) is 6.73. The molecule has 1 amide bonds. The van der Waals surface area contributed by atoms with Crippen molar-refractivity contribution in [3.63, 3.8) is 0 Å². The number of aromatic nitrogens is 2. The van der Waals surface area contributed by atoms with E-state index < -0.39 is 29.3 Å². The first-order valence-electron chi connectivity index (χ1n) is 13.2. The van der Waals surface area contributed by atoms with Crippen molar-refractivity contribution in [2.75, 3.05) is 11.9 Å². The molecule has 5 rings (SSSR count). The summed E-state index contributed by atoms with van der Waals surface area (Å²) >= 11 is 0. The number of benzene rings is 3. The van der Waals surface area contributed by atoms with Gasteiger partial charge in [-0.2, -0.15) is 18.3 Å². The van der Waals surface area contributed by atoms with E-state index in [1.807, 2.05) is 6.07 Å². The van der Waals surface area contributed by atoms with E-state index in [-0.39, 0.29) is 23.7 Å². The van der Waals surface area contributed by atoms with Gasteiger partial charge in [0, 0.05) is 29.8 Å². The number of halogens is 3. The Morgan fingerprint density at radius 1 is 0.976 bits per heavy atom. The molecule has 1 aliphatic heterocycles. The van der Waals surface area contributed by atoms with Crippen LogP contribution in [0, 0.1) is 0 Å². The van der Waals surface area contributed by atoms with Crippen molar-refractivity contribution in [3.8, 4) is 17.3 Å². The standard InChI is InChI=1S/C31H28F3N3O5/c1-30(2,3)42-29(39)21-9-7-19(8-10-21)18-41-27-17-26(31(32,33)34)36-37(27)24-6-4-5-22(15-24)28(38)35-23-12-11-20-13-14-40-25(20)16-23/h4-12,15-17H,13-14,18H2,1-3H3,(H,35,38). The third-order valence-electron chi connectivity index (χ3n) is 6.25. The van der Waals surface area contributed by atoms with Crippen molar-refractivity contribution in [3.05, 3.63) is 101 Å². The lowest BCUT2D eigenvalue weighted by atomic mass is 10.1. The van der Waals surface area contributed by atoms with Crippen LogP contribution in [-0.2, 0) is 23.9 Å². The fourth-order valence-corrected chi connectivity index (χ4v) is 4.25. The summed E-state index contributed by atoms with van der Waals surface area (Å²) in [7, 11) is 0. The van der Waals surface area contributed by atoms with Gasteiger partial charge in [0.2, 0.25) is 5.88 Å². The number of rotatable bonds is 7. The molecule has 42 heavy (non-hydrogen) atoms. The van der Waals surface area contributed by atoms with Crippen molar-refractivity contribution in [2.24, 2.45) is 0 Å². The van der Waals surface area contributed by atoms with Crippen LogP contribution in [0.1, 0.15) is 58.3 Å². The molecule has 0 fully saturated rings. The van der Waals surface area contributed by atoms with Crippen molar-refractivity contribution < 1.29 is 37.0 Å². The van der Waals surface area contributed by atoms with Crippen LogP contribution in [0.3, 0.4) is 0 Å². The number of amides is 1. The average Bonchev–Trinajstić information content (AvgIpc) is 3.58. The Morgan fingerprint density at radius 3 is 2.45 bits per heavy atom. The zero-order valence-corrected chi connectivity index (χ0v) is 23.1. The van der Waals surface area contributed by atoms with Gasteiger partial charge in [0.1, 0.15) is 18.0 Å².